The molecule has 14 heavy (non-hydrogen) atoms. The number of carboxylic acid groups (broad SMARTS) is 1. The van der Waals surface area contributed by atoms with Gasteiger partial charge in [-0.1, -0.05) is 36.4 Å². The van der Waals surface area contributed by atoms with Gasteiger partial charge < -0.3 is 5.11 Å². The average Bonchev–Trinajstić information content (AvgIpc) is 2.18. The van der Waals surface area contributed by atoms with Crippen molar-refractivity contribution in [2.45, 2.75) is 12.8 Å². The molecule has 0 spiro atoms. The molecule has 2 heteroatoms. The van der Waals surface area contributed by atoms with E-state index >= 15 is 0 Å². The van der Waals surface area contributed by atoms with E-state index in [4.69, 9.17) is 5.11 Å². The van der Waals surface area contributed by atoms with Crippen molar-refractivity contribution in [1.29, 1.82) is 0 Å². The van der Waals surface area contributed by atoms with E-state index in [0.29, 0.717) is 12.8 Å². The minimum absolute atomic E-state index is 0.352. The normalized spacial score (nSPS) is 12.0. The number of rotatable bonds is 5. The summed E-state index contributed by atoms with van der Waals surface area (Å²) in [4.78, 5) is 10.8. The highest BCUT2D eigenvalue weighted by atomic mass is 16.4. The van der Waals surface area contributed by atoms with E-state index in [9.17, 15) is 4.79 Å². The van der Waals surface area contributed by atoms with E-state index in [1.165, 1.54) is 0 Å². The maximum absolute atomic E-state index is 10.8. The van der Waals surface area contributed by atoms with Gasteiger partial charge in [-0.3, -0.25) is 4.79 Å². The van der Waals surface area contributed by atoms with Crippen LogP contribution in [0.15, 0.2) is 43.0 Å². The molecule has 0 radical (unpaired) electrons. The zero-order chi connectivity index (χ0) is 10.4. The lowest BCUT2D eigenvalue weighted by Gasteiger charge is -2.09. The monoisotopic (exact) mass is 190 g/mol. The van der Waals surface area contributed by atoms with Gasteiger partial charge in [-0.2, -0.15) is 0 Å². The Bertz CT molecular complexity index is 303. The Hall–Kier alpha value is -1.57. The number of benzene rings is 1. The molecule has 1 N–H and O–H groups in total. The molecule has 0 amide bonds. The third-order valence-corrected chi connectivity index (χ3v) is 2.13. The molecule has 0 aliphatic carbocycles. The predicted molar refractivity (Wildman–Crippen MR) is 56.1 cm³/mol. The maximum atomic E-state index is 10.8. The maximum Gasteiger partial charge on any atom is 0.307 e. The van der Waals surface area contributed by atoms with Crippen LogP contribution in [0.2, 0.25) is 0 Å². The highest BCUT2D eigenvalue weighted by Crippen LogP contribution is 2.12. The second-order valence-corrected chi connectivity index (χ2v) is 3.25. The third-order valence-electron chi connectivity index (χ3n) is 2.13. The molecule has 0 saturated carbocycles. The summed E-state index contributed by atoms with van der Waals surface area (Å²) < 4.78 is 0. The smallest absolute Gasteiger partial charge is 0.307 e. The molecule has 0 aromatic heterocycles. The van der Waals surface area contributed by atoms with Gasteiger partial charge in [0, 0.05) is 0 Å². The molecule has 74 valence electrons. The van der Waals surface area contributed by atoms with Gasteiger partial charge in [-0.15, -0.1) is 6.58 Å². The fourth-order valence-corrected chi connectivity index (χ4v) is 1.37. The Morgan fingerprint density at radius 2 is 2.07 bits per heavy atom. The predicted octanol–water partition coefficient (Wildman–Crippen LogP) is 2.51. The highest BCUT2D eigenvalue weighted by Gasteiger charge is 2.15. The van der Waals surface area contributed by atoms with Crippen molar-refractivity contribution < 1.29 is 9.90 Å². The van der Waals surface area contributed by atoms with Gasteiger partial charge in [0.15, 0.2) is 0 Å². The number of hydrogen-bond acceptors (Lipinski definition) is 1. The zero-order valence-corrected chi connectivity index (χ0v) is 8.02. The van der Waals surface area contributed by atoms with Crippen molar-refractivity contribution in [1.82, 2.24) is 0 Å². The van der Waals surface area contributed by atoms with E-state index in [1.54, 1.807) is 6.08 Å². The van der Waals surface area contributed by atoms with Crippen LogP contribution in [0.25, 0.3) is 0 Å². The Morgan fingerprint density at radius 1 is 1.43 bits per heavy atom. The summed E-state index contributed by atoms with van der Waals surface area (Å²) in [6, 6.07) is 9.65. The molecule has 1 aromatic carbocycles. The standard InChI is InChI=1S/C12H14O2/c1-2-6-11(12(13)14)9-10-7-4-3-5-8-10/h2-5,7-8,11H,1,6,9H2,(H,13,14)/t11-/m1/s1. The van der Waals surface area contributed by atoms with Crippen LogP contribution in [0.1, 0.15) is 12.0 Å². The highest BCUT2D eigenvalue weighted by molar-refractivity contribution is 5.70. The van der Waals surface area contributed by atoms with Crippen molar-refractivity contribution in [3.05, 3.63) is 48.6 Å². The average molecular weight is 190 g/mol. The number of hydrogen-bond donors (Lipinski definition) is 1. The molecule has 1 rings (SSSR count). The molecule has 2 nitrogen and oxygen atoms in total. The lowest BCUT2D eigenvalue weighted by atomic mass is 9.96. The van der Waals surface area contributed by atoms with E-state index in [2.05, 4.69) is 6.58 Å². The van der Waals surface area contributed by atoms with Gasteiger partial charge in [0.05, 0.1) is 5.92 Å². The summed E-state index contributed by atoms with van der Waals surface area (Å²) in [5, 5.41) is 8.92. The number of allylic oxidation sites excluding steroid dienone is 1. The van der Waals surface area contributed by atoms with Crippen LogP contribution in [0.5, 0.6) is 0 Å². The van der Waals surface area contributed by atoms with Crippen molar-refractivity contribution >= 4 is 5.97 Å². The van der Waals surface area contributed by atoms with Crippen LogP contribution in [0, 0.1) is 5.92 Å². The van der Waals surface area contributed by atoms with Crippen LogP contribution in [0.4, 0.5) is 0 Å². The van der Waals surface area contributed by atoms with Crippen molar-refractivity contribution in [3.63, 3.8) is 0 Å². The van der Waals surface area contributed by atoms with Gasteiger partial charge >= 0.3 is 5.97 Å². The topological polar surface area (TPSA) is 37.3 Å². The van der Waals surface area contributed by atoms with Crippen LogP contribution < -0.4 is 0 Å². The van der Waals surface area contributed by atoms with Crippen LogP contribution in [-0.4, -0.2) is 11.1 Å². The van der Waals surface area contributed by atoms with E-state index < -0.39 is 5.97 Å². The van der Waals surface area contributed by atoms with E-state index in [-0.39, 0.29) is 5.92 Å². The largest absolute Gasteiger partial charge is 0.481 e. The molecule has 0 aliphatic heterocycles. The summed E-state index contributed by atoms with van der Waals surface area (Å²) >= 11 is 0. The molecular weight excluding hydrogens is 176 g/mol. The molecule has 0 aliphatic rings. The van der Waals surface area contributed by atoms with Gasteiger partial charge in [-0.25, -0.2) is 0 Å². The van der Waals surface area contributed by atoms with Crippen LogP contribution in [0.3, 0.4) is 0 Å². The second-order valence-electron chi connectivity index (χ2n) is 3.25. The van der Waals surface area contributed by atoms with Gasteiger partial charge in [0.1, 0.15) is 0 Å². The first-order valence-electron chi connectivity index (χ1n) is 4.61. The van der Waals surface area contributed by atoms with E-state index in [0.717, 1.165) is 5.56 Å². The van der Waals surface area contributed by atoms with Crippen LogP contribution in [-0.2, 0) is 11.2 Å². The first-order chi connectivity index (χ1) is 6.74. The second kappa shape index (κ2) is 5.22. The molecule has 1 aromatic rings. The molecular formula is C12H14O2. The fourth-order valence-electron chi connectivity index (χ4n) is 1.37. The minimum atomic E-state index is -0.756. The Labute approximate surface area is 83.9 Å². The number of carbonyl (C=O) groups is 1. The summed E-state index contributed by atoms with van der Waals surface area (Å²) in [6.07, 6.45) is 2.74. The molecule has 0 unspecified atom stereocenters. The minimum Gasteiger partial charge on any atom is -0.481 e. The molecule has 0 saturated heterocycles. The van der Waals surface area contributed by atoms with Crippen molar-refractivity contribution in [2.24, 2.45) is 5.92 Å². The van der Waals surface area contributed by atoms with Gasteiger partial charge in [0.2, 0.25) is 0 Å². The first-order valence-corrected chi connectivity index (χ1v) is 4.61. The summed E-state index contributed by atoms with van der Waals surface area (Å²) in [5.74, 6) is -1.11. The lowest BCUT2D eigenvalue weighted by Crippen LogP contribution is -2.15. The summed E-state index contributed by atoms with van der Waals surface area (Å²) in [7, 11) is 0. The number of aliphatic carboxylic acids is 1. The fraction of sp³-hybridized carbons (Fsp3) is 0.250. The Balaban J connectivity index is 2.64. The summed E-state index contributed by atoms with van der Waals surface area (Å²) in [6.45, 7) is 3.56. The molecule has 0 bridgehead atoms. The Morgan fingerprint density at radius 3 is 2.57 bits per heavy atom. The van der Waals surface area contributed by atoms with Gasteiger partial charge in [-0.05, 0) is 18.4 Å². The third kappa shape index (κ3) is 3.05. The lowest BCUT2D eigenvalue weighted by molar-refractivity contribution is -0.141. The molecule has 1 atom stereocenters. The van der Waals surface area contributed by atoms with Gasteiger partial charge in [0.25, 0.3) is 0 Å². The first kappa shape index (κ1) is 10.5. The molecule has 0 fully saturated rings. The molecule has 0 heterocycles. The zero-order valence-electron chi connectivity index (χ0n) is 8.02. The van der Waals surface area contributed by atoms with E-state index in [1.807, 2.05) is 30.3 Å². The quantitative estimate of drug-likeness (QED) is 0.724. The number of carboxylic acids is 1. The SMILES string of the molecule is C=CC[C@H](Cc1ccccc1)C(=O)O. The van der Waals surface area contributed by atoms with Crippen LogP contribution >= 0.6 is 0 Å². The van der Waals surface area contributed by atoms with Crippen molar-refractivity contribution in [3.8, 4) is 0 Å². The summed E-state index contributed by atoms with van der Waals surface area (Å²) in [5.41, 5.74) is 1.06. The Kier molecular flexibility index (Phi) is 3.92. The van der Waals surface area contributed by atoms with Crippen molar-refractivity contribution in [2.75, 3.05) is 0 Å².